The van der Waals surface area contributed by atoms with Crippen molar-refractivity contribution < 1.29 is 8.42 Å². The van der Waals surface area contributed by atoms with Gasteiger partial charge in [0, 0.05) is 5.02 Å². The van der Waals surface area contributed by atoms with Gasteiger partial charge in [0.25, 0.3) is 0 Å². The van der Waals surface area contributed by atoms with Gasteiger partial charge in [-0.25, -0.2) is 8.42 Å². The summed E-state index contributed by atoms with van der Waals surface area (Å²) in [5.74, 6) is 0. The van der Waals surface area contributed by atoms with E-state index in [9.17, 15) is 8.42 Å². The number of sulfonamides is 1. The molecule has 0 aromatic heterocycles. The van der Waals surface area contributed by atoms with Gasteiger partial charge in [0.15, 0.2) is 0 Å². The van der Waals surface area contributed by atoms with E-state index in [0.29, 0.717) is 16.4 Å². The SMILES string of the molecule is Nc1ccc(Cl)cc1NS(=O)(=O)C1CC1. The number of halogens is 1. The van der Waals surface area contributed by atoms with E-state index in [0.717, 1.165) is 12.8 Å². The number of nitrogens with two attached hydrogens (primary N) is 1. The van der Waals surface area contributed by atoms with Crippen LogP contribution in [0.3, 0.4) is 0 Å². The molecule has 0 saturated heterocycles. The average Bonchev–Trinajstić information content (AvgIpc) is 2.93. The Bertz CT molecular complexity index is 483. The van der Waals surface area contributed by atoms with Gasteiger partial charge in [-0.2, -0.15) is 0 Å². The van der Waals surface area contributed by atoms with Crippen LogP contribution in [-0.4, -0.2) is 13.7 Å². The second-order valence-electron chi connectivity index (χ2n) is 3.58. The molecule has 1 aliphatic carbocycles. The van der Waals surface area contributed by atoms with Crippen LogP contribution in [0.15, 0.2) is 18.2 Å². The zero-order valence-electron chi connectivity index (χ0n) is 7.90. The lowest BCUT2D eigenvalue weighted by Crippen LogP contribution is -2.18. The second-order valence-corrected chi connectivity index (χ2v) is 5.98. The van der Waals surface area contributed by atoms with E-state index < -0.39 is 10.0 Å². The molecule has 0 bridgehead atoms. The minimum absolute atomic E-state index is 0.268. The van der Waals surface area contributed by atoms with Crippen LogP contribution >= 0.6 is 11.6 Å². The quantitative estimate of drug-likeness (QED) is 0.800. The number of rotatable bonds is 3. The first-order valence-corrected chi connectivity index (χ1v) is 6.48. The van der Waals surface area contributed by atoms with Gasteiger partial charge in [-0.3, -0.25) is 4.72 Å². The zero-order valence-corrected chi connectivity index (χ0v) is 9.48. The minimum atomic E-state index is -3.27. The first kappa shape index (κ1) is 10.6. The van der Waals surface area contributed by atoms with E-state index in [1.54, 1.807) is 12.1 Å². The highest BCUT2D eigenvalue weighted by Gasteiger charge is 2.35. The highest BCUT2D eigenvalue weighted by atomic mass is 35.5. The summed E-state index contributed by atoms with van der Waals surface area (Å²) in [6.45, 7) is 0. The van der Waals surface area contributed by atoms with Gasteiger partial charge >= 0.3 is 0 Å². The lowest BCUT2D eigenvalue weighted by molar-refractivity contribution is 0.600. The molecule has 0 radical (unpaired) electrons. The second kappa shape index (κ2) is 3.57. The first-order chi connectivity index (χ1) is 6.99. The highest BCUT2D eigenvalue weighted by molar-refractivity contribution is 7.93. The first-order valence-electron chi connectivity index (χ1n) is 4.56. The average molecular weight is 247 g/mol. The van der Waals surface area contributed by atoms with E-state index in [4.69, 9.17) is 17.3 Å². The molecule has 0 atom stereocenters. The predicted molar refractivity (Wildman–Crippen MR) is 61.4 cm³/mol. The molecule has 1 aromatic carbocycles. The molecule has 0 heterocycles. The summed E-state index contributed by atoms with van der Waals surface area (Å²) in [5.41, 5.74) is 6.37. The number of hydrogen-bond acceptors (Lipinski definition) is 3. The van der Waals surface area contributed by atoms with Crippen LogP contribution in [0.1, 0.15) is 12.8 Å². The normalized spacial score (nSPS) is 16.3. The summed E-state index contributed by atoms with van der Waals surface area (Å²) in [7, 11) is -3.27. The van der Waals surface area contributed by atoms with Gasteiger partial charge in [-0.1, -0.05) is 11.6 Å². The van der Waals surface area contributed by atoms with E-state index in [2.05, 4.69) is 4.72 Å². The van der Waals surface area contributed by atoms with E-state index in [-0.39, 0.29) is 5.25 Å². The molecule has 82 valence electrons. The van der Waals surface area contributed by atoms with Crippen molar-refractivity contribution in [1.29, 1.82) is 0 Å². The van der Waals surface area contributed by atoms with Gasteiger partial charge in [0.05, 0.1) is 16.6 Å². The molecular formula is C9H11ClN2O2S. The van der Waals surface area contributed by atoms with E-state index in [1.807, 2.05) is 0 Å². The van der Waals surface area contributed by atoms with Crippen molar-refractivity contribution in [2.75, 3.05) is 10.5 Å². The van der Waals surface area contributed by atoms with Crippen molar-refractivity contribution >= 4 is 33.0 Å². The van der Waals surface area contributed by atoms with Gasteiger partial charge < -0.3 is 5.73 Å². The van der Waals surface area contributed by atoms with E-state index >= 15 is 0 Å². The van der Waals surface area contributed by atoms with Gasteiger partial charge in [0.1, 0.15) is 0 Å². The molecule has 4 nitrogen and oxygen atoms in total. The fourth-order valence-electron chi connectivity index (χ4n) is 1.23. The van der Waals surface area contributed by atoms with Crippen LogP contribution in [0.4, 0.5) is 11.4 Å². The zero-order chi connectivity index (χ0) is 11.1. The van der Waals surface area contributed by atoms with Gasteiger partial charge in [0.2, 0.25) is 10.0 Å². The topological polar surface area (TPSA) is 72.2 Å². The summed E-state index contributed by atoms with van der Waals surface area (Å²) in [6.07, 6.45) is 1.44. The van der Waals surface area contributed by atoms with E-state index in [1.165, 1.54) is 6.07 Å². The standard InChI is InChI=1S/C9H11ClN2O2S/c10-6-1-4-8(11)9(5-6)12-15(13,14)7-2-3-7/h1,4-5,7,12H,2-3,11H2. The Morgan fingerprint density at radius 1 is 1.40 bits per heavy atom. The molecule has 6 heteroatoms. The maximum Gasteiger partial charge on any atom is 0.235 e. The largest absolute Gasteiger partial charge is 0.397 e. The van der Waals surface area contributed by atoms with Gasteiger partial charge in [-0.15, -0.1) is 0 Å². The lowest BCUT2D eigenvalue weighted by atomic mass is 10.3. The predicted octanol–water partition coefficient (Wildman–Crippen LogP) is 1.83. The van der Waals surface area contributed by atoms with Crippen LogP contribution in [0.25, 0.3) is 0 Å². The van der Waals surface area contributed by atoms with Crippen molar-refractivity contribution in [1.82, 2.24) is 0 Å². The summed E-state index contributed by atoms with van der Waals surface area (Å²) < 4.78 is 25.7. The Hall–Kier alpha value is -0.940. The number of hydrogen-bond donors (Lipinski definition) is 2. The van der Waals surface area contributed by atoms with Crippen LogP contribution in [-0.2, 0) is 10.0 Å². The maximum atomic E-state index is 11.6. The molecule has 2 rings (SSSR count). The fraction of sp³-hybridized carbons (Fsp3) is 0.333. The lowest BCUT2D eigenvalue weighted by Gasteiger charge is -2.09. The summed E-state index contributed by atoms with van der Waals surface area (Å²) in [4.78, 5) is 0. The Morgan fingerprint density at radius 2 is 2.07 bits per heavy atom. The Labute approximate surface area is 93.5 Å². The third-order valence-electron chi connectivity index (χ3n) is 2.23. The smallest absolute Gasteiger partial charge is 0.235 e. The number of nitrogen functional groups attached to an aromatic ring is 1. The molecular weight excluding hydrogens is 236 g/mol. The van der Waals surface area contributed by atoms with Crippen LogP contribution in [0.2, 0.25) is 5.02 Å². The molecule has 1 fully saturated rings. The highest BCUT2D eigenvalue weighted by Crippen LogP contribution is 2.32. The monoisotopic (exact) mass is 246 g/mol. The van der Waals surface area contributed by atoms with Gasteiger partial charge in [-0.05, 0) is 31.0 Å². The van der Waals surface area contributed by atoms with Crippen molar-refractivity contribution in [2.45, 2.75) is 18.1 Å². The third-order valence-corrected chi connectivity index (χ3v) is 4.32. The third kappa shape index (κ3) is 2.35. The molecule has 3 N–H and O–H groups in total. The Balaban J connectivity index is 2.27. The van der Waals surface area contributed by atoms with Crippen LogP contribution in [0, 0.1) is 0 Å². The minimum Gasteiger partial charge on any atom is -0.397 e. The number of anilines is 2. The molecule has 0 aliphatic heterocycles. The molecule has 1 aliphatic rings. The molecule has 0 spiro atoms. The summed E-state index contributed by atoms with van der Waals surface area (Å²) in [6, 6.07) is 4.70. The molecule has 1 saturated carbocycles. The molecule has 0 amide bonds. The van der Waals surface area contributed by atoms with Crippen molar-refractivity contribution in [3.63, 3.8) is 0 Å². The van der Waals surface area contributed by atoms with Crippen LogP contribution < -0.4 is 10.5 Å². The van der Waals surface area contributed by atoms with Crippen molar-refractivity contribution in [3.8, 4) is 0 Å². The van der Waals surface area contributed by atoms with Crippen molar-refractivity contribution in [2.24, 2.45) is 0 Å². The number of benzene rings is 1. The molecule has 15 heavy (non-hydrogen) atoms. The molecule has 1 aromatic rings. The Morgan fingerprint density at radius 3 is 2.67 bits per heavy atom. The maximum absolute atomic E-state index is 11.6. The molecule has 0 unspecified atom stereocenters. The summed E-state index contributed by atoms with van der Waals surface area (Å²) in [5, 5.41) is 0.188. The van der Waals surface area contributed by atoms with Crippen LogP contribution in [0.5, 0.6) is 0 Å². The summed E-state index contributed by atoms with van der Waals surface area (Å²) >= 11 is 5.75. The number of nitrogens with one attached hydrogen (secondary N) is 1. The Kier molecular flexibility index (Phi) is 2.52. The van der Waals surface area contributed by atoms with Crippen molar-refractivity contribution in [3.05, 3.63) is 23.2 Å². The fourth-order valence-corrected chi connectivity index (χ4v) is 2.81.